The average molecular weight is 392 g/mol. The van der Waals surface area contributed by atoms with Crippen LogP contribution in [-0.2, 0) is 4.79 Å². The molecule has 9 heteroatoms. The molecule has 1 amide bonds. The van der Waals surface area contributed by atoms with Crippen LogP contribution in [0.4, 0.5) is 11.6 Å². The van der Waals surface area contributed by atoms with Crippen LogP contribution < -0.4 is 20.1 Å². The molecule has 0 saturated carbocycles. The van der Waals surface area contributed by atoms with Crippen LogP contribution in [0.15, 0.2) is 59.8 Å². The third kappa shape index (κ3) is 3.38. The summed E-state index contributed by atoms with van der Waals surface area (Å²) in [7, 11) is 3.16. The SMILES string of the molecule is COc1ccc(OC)c([C@@H]2C(C(=O)Nc3ccccc3)=C(C)Nc3nnnn32)c1. The van der Waals surface area contributed by atoms with Crippen molar-refractivity contribution in [3.05, 3.63) is 65.4 Å². The van der Waals surface area contributed by atoms with E-state index in [1.54, 1.807) is 31.0 Å². The maximum atomic E-state index is 13.3. The Hall–Kier alpha value is -3.88. The number of benzene rings is 2. The fourth-order valence-electron chi connectivity index (χ4n) is 3.37. The topological polar surface area (TPSA) is 103 Å². The number of para-hydroxylation sites is 1. The largest absolute Gasteiger partial charge is 0.497 e. The number of hydrogen-bond donors (Lipinski definition) is 2. The summed E-state index contributed by atoms with van der Waals surface area (Å²) in [6.45, 7) is 1.82. The predicted octanol–water partition coefficient (Wildman–Crippen LogP) is 2.62. The Morgan fingerprint density at radius 1 is 1.14 bits per heavy atom. The van der Waals surface area contributed by atoms with E-state index in [1.165, 1.54) is 0 Å². The number of nitrogens with zero attached hydrogens (tertiary/aromatic N) is 4. The maximum absolute atomic E-state index is 13.3. The Morgan fingerprint density at radius 3 is 2.66 bits per heavy atom. The van der Waals surface area contributed by atoms with Crippen molar-refractivity contribution in [2.45, 2.75) is 13.0 Å². The molecule has 2 aromatic carbocycles. The van der Waals surface area contributed by atoms with Crippen LogP contribution in [0, 0.1) is 0 Å². The highest BCUT2D eigenvalue weighted by molar-refractivity contribution is 6.06. The number of allylic oxidation sites excluding steroid dienone is 1. The summed E-state index contributed by atoms with van der Waals surface area (Å²) in [6.07, 6.45) is 0. The molecule has 2 heterocycles. The van der Waals surface area contributed by atoms with Gasteiger partial charge >= 0.3 is 0 Å². The second-order valence-electron chi connectivity index (χ2n) is 6.44. The van der Waals surface area contributed by atoms with Gasteiger partial charge in [-0.3, -0.25) is 4.79 Å². The minimum Gasteiger partial charge on any atom is -0.497 e. The first-order chi connectivity index (χ1) is 14.1. The minimum absolute atomic E-state index is 0.266. The molecule has 0 unspecified atom stereocenters. The number of carbonyl (C=O) groups excluding carboxylic acids is 1. The number of fused-ring (bicyclic) bond motifs is 1. The van der Waals surface area contributed by atoms with Gasteiger partial charge in [0.15, 0.2) is 0 Å². The number of hydrogen-bond acceptors (Lipinski definition) is 7. The number of amides is 1. The summed E-state index contributed by atoms with van der Waals surface area (Å²) in [5.74, 6) is 1.40. The Bertz CT molecular complexity index is 1080. The number of anilines is 2. The number of ether oxygens (including phenoxy) is 2. The lowest BCUT2D eigenvalue weighted by Crippen LogP contribution is -2.31. The van der Waals surface area contributed by atoms with Gasteiger partial charge in [0.2, 0.25) is 5.95 Å². The van der Waals surface area contributed by atoms with Crippen molar-refractivity contribution >= 4 is 17.5 Å². The fraction of sp³-hybridized carbons (Fsp3) is 0.200. The van der Waals surface area contributed by atoms with E-state index in [4.69, 9.17) is 9.47 Å². The third-order valence-electron chi connectivity index (χ3n) is 4.72. The monoisotopic (exact) mass is 392 g/mol. The molecule has 9 nitrogen and oxygen atoms in total. The average Bonchev–Trinajstić information content (AvgIpc) is 3.20. The molecular weight excluding hydrogens is 372 g/mol. The van der Waals surface area contributed by atoms with Crippen molar-refractivity contribution in [2.75, 3.05) is 24.9 Å². The van der Waals surface area contributed by atoms with E-state index >= 15 is 0 Å². The van der Waals surface area contributed by atoms with E-state index in [2.05, 4.69) is 26.2 Å². The van der Waals surface area contributed by atoms with Crippen molar-refractivity contribution in [3.8, 4) is 11.5 Å². The van der Waals surface area contributed by atoms with Crippen LogP contribution in [-0.4, -0.2) is 40.3 Å². The van der Waals surface area contributed by atoms with E-state index in [0.717, 1.165) is 0 Å². The highest BCUT2D eigenvalue weighted by Crippen LogP contribution is 2.40. The van der Waals surface area contributed by atoms with Crippen molar-refractivity contribution in [1.82, 2.24) is 20.2 Å². The second kappa shape index (κ2) is 7.63. The predicted molar refractivity (Wildman–Crippen MR) is 107 cm³/mol. The van der Waals surface area contributed by atoms with E-state index in [-0.39, 0.29) is 5.91 Å². The van der Waals surface area contributed by atoms with E-state index < -0.39 is 6.04 Å². The lowest BCUT2D eigenvalue weighted by atomic mass is 9.94. The molecule has 0 spiro atoms. The minimum atomic E-state index is -0.602. The zero-order valence-electron chi connectivity index (χ0n) is 16.2. The highest BCUT2D eigenvalue weighted by Gasteiger charge is 2.36. The second-order valence-corrected chi connectivity index (χ2v) is 6.44. The van der Waals surface area contributed by atoms with Gasteiger partial charge in [0, 0.05) is 16.9 Å². The number of aromatic nitrogens is 4. The summed E-state index contributed by atoms with van der Waals surface area (Å²) < 4.78 is 12.5. The molecule has 4 rings (SSSR count). The number of methoxy groups -OCH3 is 2. The van der Waals surface area contributed by atoms with Crippen LogP contribution >= 0.6 is 0 Å². The van der Waals surface area contributed by atoms with E-state index in [0.29, 0.717) is 40.0 Å². The van der Waals surface area contributed by atoms with Gasteiger partial charge in [-0.05, 0) is 47.7 Å². The molecule has 0 saturated heterocycles. The number of rotatable bonds is 5. The summed E-state index contributed by atoms with van der Waals surface area (Å²) in [5, 5.41) is 17.9. The van der Waals surface area contributed by atoms with E-state index in [9.17, 15) is 4.79 Å². The molecule has 1 atom stereocenters. The van der Waals surface area contributed by atoms with Crippen molar-refractivity contribution < 1.29 is 14.3 Å². The van der Waals surface area contributed by atoms with Gasteiger partial charge in [0.05, 0.1) is 19.8 Å². The first kappa shape index (κ1) is 18.5. The van der Waals surface area contributed by atoms with Gasteiger partial charge < -0.3 is 20.1 Å². The van der Waals surface area contributed by atoms with Crippen LogP contribution in [0.25, 0.3) is 0 Å². The van der Waals surface area contributed by atoms with Crippen LogP contribution in [0.2, 0.25) is 0 Å². The smallest absolute Gasteiger partial charge is 0.255 e. The Labute approximate surface area is 167 Å². The summed E-state index contributed by atoms with van der Waals surface area (Å²) in [6, 6.07) is 14.1. The molecule has 0 fully saturated rings. The lowest BCUT2D eigenvalue weighted by molar-refractivity contribution is -0.113. The zero-order valence-corrected chi connectivity index (χ0v) is 16.2. The van der Waals surface area contributed by atoms with Crippen LogP contribution in [0.3, 0.4) is 0 Å². The molecular formula is C20H20N6O3. The van der Waals surface area contributed by atoms with Crippen LogP contribution in [0.5, 0.6) is 11.5 Å². The molecule has 0 bridgehead atoms. The summed E-state index contributed by atoms with van der Waals surface area (Å²) >= 11 is 0. The molecule has 0 aliphatic carbocycles. The van der Waals surface area contributed by atoms with Crippen molar-refractivity contribution in [2.24, 2.45) is 0 Å². The molecule has 1 aromatic heterocycles. The summed E-state index contributed by atoms with van der Waals surface area (Å²) in [4.78, 5) is 13.3. The molecule has 29 heavy (non-hydrogen) atoms. The molecule has 0 radical (unpaired) electrons. The fourth-order valence-corrected chi connectivity index (χ4v) is 3.37. The third-order valence-corrected chi connectivity index (χ3v) is 4.72. The van der Waals surface area contributed by atoms with Crippen molar-refractivity contribution in [3.63, 3.8) is 0 Å². The quantitative estimate of drug-likeness (QED) is 0.688. The van der Waals surface area contributed by atoms with Gasteiger partial charge in [-0.15, -0.1) is 0 Å². The lowest BCUT2D eigenvalue weighted by Gasteiger charge is -2.29. The zero-order chi connectivity index (χ0) is 20.4. The normalized spacial score (nSPS) is 15.3. The molecule has 1 aliphatic rings. The van der Waals surface area contributed by atoms with Crippen molar-refractivity contribution in [1.29, 1.82) is 0 Å². The Morgan fingerprint density at radius 2 is 1.93 bits per heavy atom. The van der Waals surface area contributed by atoms with Gasteiger partial charge in [0.25, 0.3) is 5.91 Å². The number of tetrazole rings is 1. The molecule has 148 valence electrons. The molecule has 1 aliphatic heterocycles. The first-order valence-electron chi connectivity index (χ1n) is 8.96. The molecule has 2 N–H and O–H groups in total. The highest BCUT2D eigenvalue weighted by atomic mass is 16.5. The van der Waals surface area contributed by atoms with Gasteiger partial charge in [-0.25, -0.2) is 0 Å². The Balaban J connectivity index is 1.84. The van der Waals surface area contributed by atoms with Gasteiger partial charge in [0.1, 0.15) is 17.5 Å². The maximum Gasteiger partial charge on any atom is 0.255 e. The summed E-state index contributed by atoms with van der Waals surface area (Å²) in [5.41, 5.74) is 2.52. The van der Waals surface area contributed by atoms with E-state index in [1.807, 2.05) is 43.3 Å². The number of nitrogens with one attached hydrogen (secondary N) is 2. The van der Waals surface area contributed by atoms with Crippen LogP contribution in [0.1, 0.15) is 18.5 Å². The standard InChI is InChI=1S/C20H20N6O3/c1-12-17(19(27)22-13-7-5-4-6-8-13)18(26-20(21-12)23-24-25-26)15-11-14(28-2)9-10-16(15)29-3/h4-11,18H,1-3H3,(H,22,27)(H,21,23,25)/t18-/m1/s1. The number of carbonyl (C=O) groups is 1. The van der Waals surface area contributed by atoms with Gasteiger partial charge in [-0.1, -0.05) is 23.3 Å². The first-order valence-corrected chi connectivity index (χ1v) is 8.96. The van der Waals surface area contributed by atoms with Gasteiger partial charge in [-0.2, -0.15) is 4.68 Å². The molecule has 3 aromatic rings. The Kier molecular flexibility index (Phi) is 4.86.